The molecule has 0 spiro atoms. The minimum absolute atomic E-state index is 0.0382. The van der Waals surface area contributed by atoms with Gasteiger partial charge in [0.15, 0.2) is 0 Å². The fourth-order valence-electron chi connectivity index (χ4n) is 2.80. The average molecular weight is 266 g/mol. The Morgan fingerprint density at radius 3 is 3.11 bits per heavy atom. The number of nitrogens with zero attached hydrogens (tertiary/aromatic N) is 3. The molecule has 1 aromatic heterocycles. The number of piperidine rings is 1. The average Bonchev–Trinajstić information content (AvgIpc) is 2.74. The van der Waals surface area contributed by atoms with Crippen LogP contribution < -0.4 is 5.73 Å². The molecule has 2 rings (SSSR count). The molecule has 1 unspecified atom stereocenters. The molecule has 0 aromatic carbocycles. The molecule has 0 bridgehead atoms. The Kier molecular flexibility index (Phi) is 4.21. The summed E-state index contributed by atoms with van der Waals surface area (Å²) in [6.45, 7) is 5.12. The van der Waals surface area contributed by atoms with Crippen LogP contribution in [0.25, 0.3) is 0 Å². The molecule has 6 heteroatoms. The molecule has 2 heterocycles. The third-order valence-corrected chi connectivity index (χ3v) is 3.66. The highest BCUT2D eigenvalue weighted by Gasteiger charge is 2.34. The number of carbonyl (C=O) groups is 1. The van der Waals surface area contributed by atoms with Crippen LogP contribution in [0.4, 0.5) is 0 Å². The second kappa shape index (κ2) is 5.71. The van der Waals surface area contributed by atoms with Crippen LogP contribution in [0.5, 0.6) is 0 Å². The van der Waals surface area contributed by atoms with E-state index in [0.717, 1.165) is 31.7 Å². The highest BCUT2D eigenvalue weighted by molar-refractivity contribution is 5.75. The van der Waals surface area contributed by atoms with Crippen molar-refractivity contribution >= 4 is 5.91 Å². The van der Waals surface area contributed by atoms with Gasteiger partial charge in [-0.05, 0) is 26.3 Å². The standard InChI is InChI=1S/C13H22N4O2/c1-2-17-10-15-7-11(17)8-16-5-3-4-13(19,9-16)6-12(14)18/h7,10,19H,2-6,8-9H2,1H3,(H2,14,18). The summed E-state index contributed by atoms with van der Waals surface area (Å²) in [5, 5.41) is 10.4. The largest absolute Gasteiger partial charge is 0.388 e. The molecule has 0 aliphatic carbocycles. The van der Waals surface area contributed by atoms with E-state index in [0.29, 0.717) is 13.0 Å². The third kappa shape index (κ3) is 3.54. The highest BCUT2D eigenvalue weighted by Crippen LogP contribution is 2.25. The molecule has 1 aromatic rings. The first-order valence-corrected chi connectivity index (χ1v) is 6.74. The van der Waals surface area contributed by atoms with Crippen molar-refractivity contribution in [3.8, 4) is 0 Å². The van der Waals surface area contributed by atoms with Gasteiger partial charge in [-0.2, -0.15) is 0 Å². The van der Waals surface area contributed by atoms with E-state index in [-0.39, 0.29) is 6.42 Å². The topological polar surface area (TPSA) is 84.4 Å². The number of imidazole rings is 1. The molecule has 0 saturated carbocycles. The van der Waals surface area contributed by atoms with Gasteiger partial charge in [0.05, 0.1) is 24.0 Å². The number of amides is 1. The van der Waals surface area contributed by atoms with Gasteiger partial charge in [-0.1, -0.05) is 0 Å². The van der Waals surface area contributed by atoms with Crippen LogP contribution in [0.2, 0.25) is 0 Å². The Labute approximate surface area is 113 Å². The smallest absolute Gasteiger partial charge is 0.220 e. The lowest BCUT2D eigenvalue weighted by Gasteiger charge is -2.38. The van der Waals surface area contributed by atoms with Crippen molar-refractivity contribution in [3.63, 3.8) is 0 Å². The van der Waals surface area contributed by atoms with Gasteiger partial charge in [0, 0.05) is 25.8 Å². The van der Waals surface area contributed by atoms with Crippen molar-refractivity contribution in [2.45, 2.75) is 44.9 Å². The van der Waals surface area contributed by atoms with Crippen molar-refractivity contribution in [2.75, 3.05) is 13.1 Å². The number of hydrogen-bond acceptors (Lipinski definition) is 4. The number of rotatable bonds is 5. The highest BCUT2D eigenvalue weighted by atomic mass is 16.3. The Morgan fingerprint density at radius 2 is 2.42 bits per heavy atom. The van der Waals surface area contributed by atoms with Crippen LogP contribution in [0.1, 0.15) is 31.9 Å². The van der Waals surface area contributed by atoms with Crippen LogP contribution in [-0.2, 0) is 17.9 Å². The molecule has 0 radical (unpaired) electrons. The van der Waals surface area contributed by atoms with Crippen molar-refractivity contribution in [2.24, 2.45) is 5.73 Å². The molecular weight excluding hydrogens is 244 g/mol. The van der Waals surface area contributed by atoms with Crippen LogP contribution in [0.15, 0.2) is 12.5 Å². The molecule has 1 aliphatic rings. The molecule has 6 nitrogen and oxygen atoms in total. The first kappa shape index (κ1) is 14.0. The second-order valence-corrected chi connectivity index (χ2v) is 5.35. The summed E-state index contributed by atoms with van der Waals surface area (Å²) in [5.41, 5.74) is 5.36. The zero-order chi connectivity index (χ0) is 13.9. The van der Waals surface area contributed by atoms with Crippen molar-refractivity contribution in [1.82, 2.24) is 14.5 Å². The van der Waals surface area contributed by atoms with Crippen LogP contribution in [0, 0.1) is 0 Å². The number of aryl methyl sites for hydroxylation is 1. The summed E-state index contributed by atoms with van der Waals surface area (Å²) >= 11 is 0. The Balaban J connectivity index is 1.99. The monoisotopic (exact) mass is 266 g/mol. The number of β-amino-alcohol motifs (C(OH)–C–C–N with tert-alkyl or cyclic N) is 1. The third-order valence-electron chi connectivity index (χ3n) is 3.66. The fourth-order valence-corrected chi connectivity index (χ4v) is 2.80. The Bertz CT molecular complexity index is 446. The number of likely N-dealkylation sites (tertiary alicyclic amines) is 1. The number of primary amides is 1. The number of hydrogen-bond donors (Lipinski definition) is 2. The predicted molar refractivity (Wildman–Crippen MR) is 71.2 cm³/mol. The number of carbonyl (C=O) groups excluding carboxylic acids is 1. The lowest BCUT2D eigenvalue weighted by Crippen LogP contribution is -2.49. The lowest BCUT2D eigenvalue weighted by atomic mass is 9.89. The zero-order valence-corrected chi connectivity index (χ0v) is 11.4. The normalized spacial score (nSPS) is 24.5. The van der Waals surface area contributed by atoms with Crippen LogP contribution in [0.3, 0.4) is 0 Å². The fraction of sp³-hybridized carbons (Fsp3) is 0.692. The lowest BCUT2D eigenvalue weighted by molar-refractivity contribution is -0.125. The van der Waals surface area contributed by atoms with Crippen molar-refractivity contribution in [1.29, 1.82) is 0 Å². The summed E-state index contributed by atoms with van der Waals surface area (Å²) in [7, 11) is 0. The van der Waals surface area contributed by atoms with E-state index in [1.807, 2.05) is 12.5 Å². The molecule has 106 valence electrons. The Hall–Kier alpha value is -1.40. The second-order valence-electron chi connectivity index (χ2n) is 5.35. The molecule has 1 atom stereocenters. The van der Waals surface area contributed by atoms with Gasteiger partial charge in [-0.3, -0.25) is 9.69 Å². The van der Waals surface area contributed by atoms with Crippen molar-refractivity contribution < 1.29 is 9.90 Å². The zero-order valence-electron chi connectivity index (χ0n) is 11.4. The summed E-state index contributed by atoms with van der Waals surface area (Å²) in [5.74, 6) is -0.442. The summed E-state index contributed by atoms with van der Waals surface area (Å²) in [6, 6.07) is 0. The van der Waals surface area contributed by atoms with E-state index >= 15 is 0 Å². The SMILES string of the molecule is CCn1cncc1CN1CCCC(O)(CC(N)=O)C1. The first-order valence-electron chi connectivity index (χ1n) is 6.74. The van der Waals surface area contributed by atoms with E-state index in [4.69, 9.17) is 5.73 Å². The quantitative estimate of drug-likeness (QED) is 0.792. The van der Waals surface area contributed by atoms with E-state index < -0.39 is 11.5 Å². The predicted octanol–water partition coefficient (Wildman–Crippen LogP) is 0.105. The van der Waals surface area contributed by atoms with Crippen LogP contribution >= 0.6 is 0 Å². The molecule has 3 N–H and O–H groups in total. The maximum absolute atomic E-state index is 11.0. The van der Waals surface area contributed by atoms with E-state index in [1.165, 1.54) is 0 Å². The van der Waals surface area contributed by atoms with Gasteiger partial charge in [0.1, 0.15) is 0 Å². The van der Waals surface area contributed by atoms with Gasteiger partial charge >= 0.3 is 0 Å². The van der Waals surface area contributed by atoms with Gasteiger partial charge in [-0.15, -0.1) is 0 Å². The molecule has 1 aliphatic heterocycles. The van der Waals surface area contributed by atoms with E-state index in [9.17, 15) is 9.90 Å². The summed E-state index contributed by atoms with van der Waals surface area (Å²) in [4.78, 5) is 17.3. The van der Waals surface area contributed by atoms with Gasteiger partial charge in [0.2, 0.25) is 5.91 Å². The molecule has 19 heavy (non-hydrogen) atoms. The van der Waals surface area contributed by atoms with Crippen LogP contribution in [-0.4, -0.2) is 44.2 Å². The van der Waals surface area contributed by atoms with Gasteiger partial charge in [-0.25, -0.2) is 4.98 Å². The minimum atomic E-state index is -0.971. The summed E-state index contributed by atoms with van der Waals surface area (Å²) < 4.78 is 2.09. The summed E-state index contributed by atoms with van der Waals surface area (Å²) in [6.07, 6.45) is 5.22. The molecule has 1 amide bonds. The minimum Gasteiger partial charge on any atom is -0.388 e. The van der Waals surface area contributed by atoms with Gasteiger partial charge < -0.3 is 15.4 Å². The molecule has 1 saturated heterocycles. The van der Waals surface area contributed by atoms with Gasteiger partial charge in [0.25, 0.3) is 0 Å². The van der Waals surface area contributed by atoms with E-state index in [1.54, 1.807) is 0 Å². The van der Waals surface area contributed by atoms with E-state index in [2.05, 4.69) is 21.4 Å². The molecular formula is C13H22N4O2. The Morgan fingerprint density at radius 1 is 1.63 bits per heavy atom. The maximum Gasteiger partial charge on any atom is 0.220 e. The number of aromatic nitrogens is 2. The molecule has 1 fully saturated rings. The maximum atomic E-state index is 11.0. The number of nitrogens with two attached hydrogens (primary N) is 1. The van der Waals surface area contributed by atoms with Crippen molar-refractivity contribution in [3.05, 3.63) is 18.2 Å². The first-order chi connectivity index (χ1) is 9.02. The number of aliphatic hydroxyl groups is 1.